The van der Waals surface area contributed by atoms with E-state index in [-0.39, 0.29) is 24.0 Å². The van der Waals surface area contributed by atoms with Crippen molar-refractivity contribution in [3.63, 3.8) is 0 Å². The summed E-state index contributed by atoms with van der Waals surface area (Å²) in [4.78, 5) is 37.8. The minimum Gasteiger partial charge on any atom is -0.490 e. The lowest BCUT2D eigenvalue weighted by molar-refractivity contribution is -0.130. The lowest BCUT2D eigenvalue weighted by Crippen LogP contribution is -2.40. The maximum Gasteiger partial charge on any atom is 0.414 e. The molecular formula is C19H25N3O5. The van der Waals surface area contributed by atoms with E-state index in [1.807, 2.05) is 29.2 Å². The monoisotopic (exact) mass is 375 g/mol. The largest absolute Gasteiger partial charge is 0.490 e. The Labute approximate surface area is 158 Å². The maximum atomic E-state index is 12.0. The lowest BCUT2D eigenvalue weighted by Gasteiger charge is -2.31. The van der Waals surface area contributed by atoms with E-state index in [0.717, 1.165) is 24.3 Å². The average Bonchev–Trinajstić information content (AvgIpc) is 3.02. The van der Waals surface area contributed by atoms with Crippen LogP contribution in [0, 0.1) is 0 Å². The number of carbonyl (C=O) groups excluding carboxylic acids is 3. The first-order chi connectivity index (χ1) is 12.9. The van der Waals surface area contributed by atoms with Gasteiger partial charge in [0.25, 0.3) is 0 Å². The van der Waals surface area contributed by atoms with Gasteiger partial charge < -0.3 is 19.7 Å². The van der Waals surface area contributed by atoms with Crippen LogP contribution in [0.25, 0.3) is 0 Å². The zero-order valence-corrected chi connectivity index (χ0v) is 15.6. The first-order valence-electron chi connectivity index (χ1n) is 9.17. The Morgan fingerprint density at radius 2 is 1.85 bits per heavy atom. The molecule has 1 atom stereocenters. The van der Waals surface area contributed by atoms with E-state index in [4.69, 9.17) is 9.47 Å². The van der Waals surface area contributed by atoms with Crippen LogP contribution in [0.1, 0.15) is 26.7 Å². The van der Waals surface area contributed by atoms with E-state index in [2.05, 4.69) is 5.32 Å². The number of likely N-dealkylation sites (tertiary alicyclic amines) is 1. The van der Waals surface area contributed by atoms with Gasteiger partial charge in [-0.1, -0.05) is 0 Å². The lowest BCUT2D eigenvalue weighted by atomic mass is 10.1. The Kier molecular flexibility index (Phi) is 5.83. The van der Waals surface area contributed by atoms with Crippen molar-refractivity contribution in [2.75, 3.05) is 31.1 Å². The number of piperidine rings is 1. The number of ether oxygens (including phenoxy) is 2. The van der Waals surface area contributed by atoms with Crippen LogP contribution in [0.4, 0.5) is 10.5 Å². The summed E-state index contributed by atoms with van der Waals surface area (Å²) in [5.41, 5.74) is 0.726. The molecule has 2 fully saturated rings. The summed E-state index contributed by atoms with van der Waals surface area (Å²) in [6.07, 6.45) is 0.930. The fraction of sp³-hybridized carbons (Fsp3) is 0.526. The van der Waals surface area contributed by atoms with Crippen LogP contribution in [-0.4, -0.2) is 61.2 Å². The molecule has 0 aromatic heterocycles. The zero-order valence-electron chi connectivity index (χ0n) is 15.6. The van der Waals surface area contributed by atoms with E-state index in [9.17, 15) is 14.4 Å². The number of rotatable bonds is 5. The van der Waals surface area contributed by atoms with Gasteiger partial charge in [0.1, 0.15) is 18.0 Å². The second-order valence-corrected chi connectivity index (χ2v) is 6.87. The molecule has 3 amide bonds. The number of benzene rings is 1. The van der Waals surface area contributed by atoms with E-state index in [1.165, 1.54) is 6.92 Å². The predicted octanol–water partition coefficient (Wildman–Crippen LogP) is 1.54. The SMILES string of the molecule is CC(=O)NC[C@H]1CN(c2ccc(OC3CCN(C(C)=O)CC3)cc2)C(=O)O1. The molecule has 0 aliphatic carbocycles. The number of amides is 3. The summed E-state index contributed by atoms with van der Waals surface area (Å²) in [6.45, 7) is 5.14. The molecule has 2 heterocycles. The molecule has 27 heavy (non-hydrogen) atoms. The molecule has 2 aliphatic rings. The fourth-order valence-corrected chi connectivity index (χ4v) is 3.28. The van der Waals surface area contributed by atoms with Crippen molar-refractivity contribution in [3.05, 3.63) is 24.3 Å². The van der Waals surface area contributed by atoms with Gasteiger partial charge in [0, 0.05) is 45.5 Å². The van der Waals surface area contributed by atoms with Crippen LogP contribution in [0.15, 0.2) is 24.3 Å². The third-order valence-corrected chi connectivity index (χ3v) is 4.79. The summed E-state index contributed by atoms with van der Waals surface area (Å²) < 4.78 is 11.3. The molecular weight excluding hydrogens is 350 g/mol. The molecule has 8 nitrogen and oxygen atoms in total. The Bertz CT molecular complexity index is 698. The van der Waals surface area contributed by atoms with Crippen molar-refractivity contribution < 1.29 is 23.9 Å². The Balaban J connectivity index is 1.52. The topological polar surface area (TPSA) is 88.2 Å². The van der Waals surface area contributed by atoms with E-state index in [0.29, 0.717) is 26.2 Å². The van der Waals surface area contributed by atoms with Gasteiger partial charge >= 0.3 is 6.09 Å². The standard InChI is InChI=1S/C19H25N3O5/c1-13(23)20-11-18-12-22(19(25)27-18)15-3-5-16(6-4-15)26-17-7-9-21(10-8-17)14(2)24/h3-6,17-18H,7-12H2,1-2H3,(H,20,23)/t18-/m0/s1. The van der Waals surface area contributed by atoms with Gasteiger partial charge in [0.05, 0.1) is 13.1 Å². The molecule has 0 bridgehead atoms. The van der Waals surface area contributed by atoms with Gasteiger partial charge in [0.15, 0.2) is 0 Å². The Hall–Kier alpha value is -2.77. The molecule has 0 unspecified atom stereocenters. The van der Waals surface area contributed by atoms with Crippen LogP contribution < -0.4 is 15.0 Å². The molecule has 1 N–H and O–H groups in total. The van der Waals surface area contributed by atoms with Gasteiger partial charge in [-0.3, -0.25) is 14.5 Å². The van der Waals surface area contributed by atoms with Crippen molar-refractivity contribution in [3.8, 4) is 5.75 Å². The molecule has 2 aliphatic heterocycles. The van der Waals surface area contributed by atoms with E-state index >= 15 is 0 Å². The van der Waals surface area contributed by atoms with Crippen LogP contribution in [0.5, 0.6) is 5.75 Å². The zero-order chi connectivity index (χ0) is 19.4. The molecule has 146 valence electrons. The molecule has 3 rings (SSSR count). The number of nitrogens with one attached hydrogen (secondary N) is 1. The smallest absolute Gasteiger partial charge is 0.414 e. The molecule has 0 spiro atoms. The van der Waals surface area contributed by atoms with Crippen LogP contribution in [-0.2, 0) is 14.3 Å². The normalized spacial score (nSPS) is 20.4. The fourth-order valence-electron chi connectivity index (χ4n) is 3.28. The minimum absolute atomic E-state index is 0.0882. The van der Waals surface area contributed by atoms with Crippen molar-refractivity contribution >= 4 is 23.6 Å². The molecule has 0 saturated carbocycles. The van der Waals surface area contributed by atoms with Crippen molar-refractivity contribution in [1.29, 1.82) is 0 Å². The second kappa shape index (κ2) is 8.28. The highest BCUT2D eigenvalue weighted by molar-refractivity contribution is 5.89. The highest BCUT2D eigenvalue weighted by Crippen LogP contribution is 2.26. The van der Waals surface area contributed by atoms with Crippen LogP contribution >= 0.6 is 0 Å². The number of hydrogen-bond donors (Lipinski definition) is 1. The molecule has 0 radical (unpaired) electrons. The second-order valence-electron chi connectivity index (χ2n) is 6.87. The minimum atomic E-state index is -0.421. The summed E-state index contributed by atoms with van der Waals surface area (Å²) in [6, 6.07) is 7.31. The number of hydrogen-bond acceptors (Lipinski definition) is 5. The van der Waals surface area contributed by atoms with Crippen LogP contribution in [0.3, 0.4) is 0 Å². The summed E-state index contributed by atoms with van der Waals surface area (Å²) >= 11 is 0. The van der Waals surface area contributed by atoms with Crippen molar-refractivity contribution in [2.24, 2.45) is 0 Å². The van der Waals surface area contributed by atoms with Gasteiger partial charge in [-0.05, 0) is 24.3 Å². The molecule has 2 saturated heterocycles. The highest BCUT2D eigenvalue weighted by atomic mass is 16.6. The van der Waals surface area contributed by atoms with Gasteiger partial charge in [-0.15, -0.1) is 0 Å². The Morgan fingerprint density at radius 1 is 1.19 bits per heavy atom. The van der Waals surface area contributed by atoms with E-state index < -0.39 is 6.09 Å². The van der Waals surface area contributed by atoms with Crippen LogP contribution in [0.2, 0.25) is 0 Å². The average molecular weight is 375 g/mol. The molecule has 8 heteroatoms. The van der Waals surface area contributed by atoms with E-state index in [1.54, 1.807) is 11.8 Å². The summed E-state index contributed by atoms with van der Waals surface area (Å²) in [5, 5.41) is 2.66. The first kappa shape index (κ1) is 19.0. The highest BCUT2D eigenvalue weighted by Gasteiger charge is 2.32. The number of cyclic esters (lactones) is 1. The van der Waals surface area contributed by atoms with Crippen molar-refractivity contribution in [1.82, 2.24) is 10.2 Å². The predicted molar refractivity (Wildman–Crippen MR) is 98.6 cm³/mol. The maximum absolute atomic E-state index is 12.0. The number of anilines is 1. The summed E-state index contributed by atoms with van der Waals surface area (Å²) in [5.74, 6) is 0.689. The third-order valence-electron chi connectivity index (χ3n) is 4.79. The quantitative estimate of drug-likeness (QED) is 0.843. The number of nitrogens with zero attached hydrogens (tertiary/aromatic N) is 2. The first-order valence-corrected chi connectivity index (χ1v) is 9.17. The van der Waals surface area contributed by atoms with Gasteiger partial charge in [0.2, 0.25) is 11.8 Å². The van der Waals surface area contributed by atoms with Crippen molar-refractivity contribution in [2.45, 2.75) is 38.9 Å². The Morgan fingerprint density at radius 3 is 2.44 bits per heavy atom. The van der Waals surface area contributed by atoms with Gasteiger partial charge in [-0.2, -0.15) is 0 Å². The molecule has 1 aromatic carbocycles. The third kappa shape index (κ3) is 4.90. The molecule has 1 aromatic rings. The van der Waals surface area contributed by atoms with Gasteiger partial charge in [-0.25, -0.2) is 4.79 Å². The number of carbonyl (C=O) groups is 3. The summed E-state index contributed by atoms with van der Waals surface area (Å²) in [7, 11) is 0.